The number of ether oxygens (including phenoxy) is 6. The van der Waals surface area contributed by atoms with Crippen LogP contribution in [0.15, 0.2) is 36.7 Å². The molecule has 0 amide bonds. The van der Waals surface area contributed by atoms with Crippen molar-refractivity contribution in [2.75, 3.05) is 48.1 Å². The Morgan fingerprint density at radius 2 is 1.62 bits per heavy atom. The lowest BCUT2D eigenvalue weighted by Crippen LogP contribution is -2.62. The summed E-state index contributed by atoms with van der Waals surface area (Å²) >= 11 is 0. The first-order valence-electron chi connectivity index (χ1n) is 28.8. The monoisotopic (exact) mass is 1120 g/mol. The highest BCUT2D eigenvalue weighted by Crippen LogP contribution is 2.45. The highest BCUT2D eigenvalue weighted by Gasteiger charge is 2.55. The van der Waals surface area contributed by atoms with Crippen molar-refractivity contribution in [1.82, 2.24) is 39.8 Å². The summed E-state index contributed by atoms with van der Waals surface area (Å²) in [6.07, 6.45) is -2.30. The second-order valence-corrected chi connectivity index (χ2v) is 24.5. The second-order valence-electron chi connectivity index (χ2n) is 24.5. The number of nitrogens with zero attached hydrogens (tertiary/aromatic N) is 8. The van der Waals surface area contributed by atoms with E-state index < -0.39 is 127 Å². The van der Waals surface area contributed by atoms with Crippen molar-refractivity contribution in [1.29, 1.82) is 0 Å². The number of methoxy groups -OCH3 is 2. The van der Waals surface area contributed by atoms with Gasteiger partial charge in [-0.25, -0.2) is 13.8 Å². The first kappa shape index (κ1) is 64.6. The number of aromatic nitrogens is 6. The lowest BCUT2D eigenvalue weighted by molar-refractivity contribution is -0.302. The van der Waals surface area contributed by atoms with Crippen molar-refractivity contribution < 1.29 is 63.1 Å². The van der Waals surface area contributed by atoms with Crippen molar-refractivity contribution in [3.05, 3.63) is 53.6 Å². The van der Waals surface area contributed by atoms with E-state index in [4.69, 9.17) is 28.4 Å². The average molecular weight is 1120 g/mol. The Bertz CT molecular complexity index is 2360. The van der Waals surface area contributed by atoms with E-state index in [0.717, 1.165) is 29.8 Å². The molecule has 6 rings (SSSR count). The van der Waals surface area contributed by atoms with Crippen LogP contribution in [0, 0.1) is 23.7 Å². The van der Waals surface area contributed by atoms with Crippen LogP contribution in [0.1, 0.15) is 157 Å². The van der Waals surface area contributed by atoms with Gasteiger partial charge in [-0.3, -0.25) is 4.79 Å². The van der Waals surface area contributed by atoms with Gasteiger partial charge in [0.1, 0.15) is 48.8 Å². The van der Waals surface area contributed by atoms with Crippen LogP contribution in [0.5, 0.6) is 0 Å². The normalized spacial score (nSPS) is 38.0. The molecule has 79 heavy (non-hydrogen) atoms. The molecule has 3 aliphatic heterocycles. The largest absolute Gasteiger partial charge is 0.459 e. The van der Waals surface area contributed by atoms with E-state index in [1.54, 1.807) is 59.5 Å². The zero-order chi connectivity index (χ0) is 58.5. The number of hydrogen-bond donors (Lipinski definition) is 5. The molecule has 0 bridgehead atoms. The van der Waals surface area contributed by atoms with Gasteiger partial charge in [0.2, 0.25) is 0 Å². The number of likely N-dealkylation sites (N-methyl/N-ethyl adjacent to an activating group) is 2. The molecule has 3 aliphatic rings. The number of alkyl halides is 1. The van der Waals surface area contributed by atoms with Crippen LogP contribution in [-0.2, 0) is 39.6 Å². The summed E-state index contributed by atoms with van der Waals surface area (Å²) in [6, 6.07) is 5.73. The highest BCUT2D eigenvalue weighted by molar-refractivity contribution is 5.73. The molecule has 5 N–H and O–H groups in total. The first-order chi connectivity index (χ1) is 37.2. The molecule has 2 unspecified atom stereocenters. The van der Waals surface area contributed by atoms with Crippen LogP contribution >= 0.6 is 0 Å². The number of cyclic esters (lactones) is 1. The number of halogens is 1. The lowest BCUT2D eigenvalue weighted by atomic mass is 9.68. The summed E-state index contributed by atoms with van der Waals surface area (Å²) < 4.78 is 56.5. The minimum absolute atomic E-state index is 0.170. The molecule has 2 aromatic heterocycles. The van der Waals surface area contributed by atoms with E-state index in [9.17, 15) is 30.3 Å². The van der Waals surface area contributed by atoms with E-state index in [1.165, 1.54) is 18.7 Å². The maximum Gasteiger partial charge on any atom is 0.309 e. The number of rotatable bonds is 18. The van der Waals surface area contributed by atoms with Gasteiger partial charge >= 0.3 is 5.97 Å². The summed E-state index contributed by atoms with van der Waals surface area (Å²) in [5.41, 5.74) is -1.41. The Balaban J connectivity index is 1.24. The van der Waals surface area contributed by atoms with E-state index >= 15 is 4.39 Å². The molecule has 3 saturated heterocycles. The van der Waals surface area contributed by atoms with Crippen molar-refractivity contribution in [2.45, 2.75) is 230 Å². The molecular formula is C58H97FN8O12. The Labute approximate surface area is 468 Å². The molecule has 1 aromatic carbocycles. The summed E-state index contributed by atoms with van der Waals surface area (Å²) in [4.78, 5) is 18.6. The number of hydrogen-bond acceptors (Lipinski definition) is 18. The quantitative estimate of drug-likeness (QED) is 0.0951. The minimum Gasteiger partial charge on any atom is -0.459 e. The molecule has 0 saturated carbocycles. The van der Waals surface area contributed by atoms with Gasteiger partial charge < -0.3 is 63.8 Å². The van der Waals surface area contributed by atoms with Crippen LogP contribution in [0.2, 0.25) is 0 Å². The smallest absolute Gasteiger partial charge is 0.309 e. The number of aliphatic hydroxyl groups is 5. The Kier molecular flexibility index (Phi) is 22.2. The summed E-state index contributed by atoms with van der Waals surface area (Å²) in [6.45, 7) is 22.2. The molecule has 0 aliphatic carbocycles. The minimum atomic E-state index is -1.83. The SMILES string of the molecule is CCCC(C)c1cn(-c2ccc([C@@H](OC)[C@@H](CF)n3cc(CCN(C)[C@H]4C[C@@H](C)O[C@@H](O[C@@H]5[C@@H](C)C([C@H]6C[C@@](C)(OC)[C@@H](O)[C@H](C)O6)[C@@H](C)C(=O)O[C@H](CC)[C@@](C)(O)[C@H](O)[C@@H](C)N(C)C[C@H](C)C[C@@]5(C)O)[C@@H]4O)nn3)cc2)nn1. The molecule has 5 heterocycles. The maximum atomic E-state index is 15.1. The molecule has 21 atom stereocenters. The van der Waals surface area contributed by atoms with Crippen molar-refractivity contribution >= 4 is 5.97 Å². The third-order valence-electron chi connectivity index (χ3n) is 18.1. The Morgan fingerprint density at radius 3 is 2.24 bits per heavy atom. The topological polar surface area (TPSA) is 241 Å². The fourth-order valence-electron chi connectivity index (χ4n) is 13.1. The van der Waals surface area contributed by atoms with E-state index in [1.807, 2.05) is 75.1 Å². The highest BCUT2D eigenvalue weighted by atomic mass is 19.1. The number of carbonyl (C=O) groups is 1. The van der Waals surface area contributed by atoms with E-state index in [2.05, 4.69) is 34.5 Å². The zero-order valence-electron chi connectivity index (χ0n) is 50.0. The Morgan fingerprint density at radius 1 is 0.937 bits per heavy atom. The molecule has 3 fully saturated rings. The number of esters is 1. The van der Waals surface area contributed by atoms with Crippen LogP contribution in [-0.4, -0.2) is 203 Å². The lowest BCUT2D eigenvalue weighted by Gasteiger charge is -2.51. The molecule has 3 aromatic rings. The zero-order valence-corrected chi connectivity index (χ0v) is 50.0. The van der Waals surface area contributed by atoms with Gasteiger partial charge in [0.25, 0.3) is 0 Å². The third-order valence-corrected chi connectivity index (χ3v) is 18.1. The standard InChI is InChI=1S/C58H97FN8O12/c1-17-19-34(4)43-32-66(63-61-43)42-22-20-40(21-23-42)50(74-15)45(29-59)67-31-41(60-62-67)24-25-64(13)44-26-35(5)76-55(49(44)68)79-53-36(6)48(46-28-57(11,75-16)52(70)39(9)77-46)37(7)54(71)78-47(18-2)58(12,73)51(69)38(8)65(14)30-33(3)27-56(53,10)72/h20-23,31-39,44-53,55,68-70,72-73H,17-19,24-30H2,1-16H3/t33-,34?,35-,36+,37-,38-,39+,44+,45-,46-,47-,48?,49-,50-,51-,52+,53-,55+,56-,57-,58-/m1/s1. The predicted molar refractivity (Wildman–Crippen MR) is 295 cm³/mol. The van der Waals surface area contributed by atoms with Crippen molar-refractivity contribution in [2.24, 2.45) is 23.7 Å². The molecular weight excluding hydrogens is 1020 g/mol. The molecule has 0 radical (unpaired) electrons. The van der Waals surface area contributed by atoms with Crippen molar-refractivity contribution in [3.63, 3.8) is 0 Å². The van der Waals surface area contributed by atoms with Crippen LogP contribution < -0.4 is 0 Å². The van der Waals surface area contributed by atoms with Crippen molar-refractivity contribution in [3.8, 4) is 5.69 Å². The summed E-state index contributed by atoms with van der Waals surface area (Å²) in [7, 11) is 6.81. The van der Waals surface area contributed by atoms with Crippen LogP contribution in [0.25, 0.3) is 5.69 Å². The Hall–Kier alpha value is -3.58. The first-order valence-corrected chi connectivity index (χ1v) is 28.8. The predicted octanol–water partition coefficient (Wildman–Crippen LogP) is 5.76. The van der Waals surface area contributed by atoms with Gasteiger partial charge in [0.15, 0.2) is 6.29 Å². The molecule has 448 valence electrons. The number of carbonyl (C=O) groups excluding carboxylic acids is 1. The van der Waals surface area contributed by atoms with Gasteiger partial charge in [0.05, 0.1) is 64.8 Å². The van der Waals surface area contributed by atoms with E-state index in [-0.39, 0.29) is 25.2 Å². The number of aliphatic hydroxyl groups excluding tert-OH is 3. The maximum absolute atomic E-state index is 15.1. The average Bonchev–Trinajstić information content (AvgIpc) is 4.16. The molecule has 20 nitrogen and oxygen atoms in total. The number of benzene rings is 1. The molecule has 21 heteroatoms. The van der Waals surface area contributed by atoms with Gasteiger partial charge in [-0.2, -0.15) is 0 Å². The van der Waals surface area contributed by atoms with Crippen LogP contribution in [0.4, 0.5) is 4.39 Å². The van der Waals surface area contributed by atoms with E-state index in [0.29, 0.717) is 37.5 Å². The van der Waals surface area contributed by atoms with Crippen LogP contribution in [0.3, 0.4) is 0 Å². The van der Waals surface area contributed by atoms with Gasteiger partial charge in [-0.15, -0.1) is 10.2 Å². The summed E-state index contributed by atoms with van der Waals surface area (Å²) in [5, 5.41) is 77.9. The fraction of sp³-hybridized carbons (Fsp3) is 0.810. The van der Waals surface area contributed by atoms with Gasteiger partial charge in [-0.05, 0) is 111 Å². The van der Waals surface area contributed by atoms with Gasteiger partial charge in [-0.1, -0.05) is 70.5 Å². The summed E-state index contributed by atoms with van der Waals surface area (Å²) in [5.74, 6) is -2.98. The fourth-order valence-corrected chi connectivity index (χ4v) is 13.1. The molecule has 0 spiro atoms. The van der Waals surface area contributed by atoms with Gasteiger partial charge in [0, 0.05) is 70.3 Å². The second kappa shape index (κ2) is 27.2. The third kappa shape index (κ3) is 14.6.